The summed E-state index contributed by atoms with van der Waals surface area (Å²) in [7, 11) is 0. The quantitative estimate of drug-likeness (QED) is 0.639. The summed E-state index contributed by atoms with van der Waals surface area (Å²) >= 11 is 0. The molecule has 0 bridgehead atoms. The van der Waals surface area contributed by atoms with Crippen molar-refractivity contribution in [2.24, 2.45) is 28.9 Å². The summed E-state index contributed by atoms with van der Waals surface area (Å²) in [6.45, 7) is 9.11. The Kier molecular flexibility index (Phi) is 6.85. The van der Waals surface area contributed by atoms with Crippen LogP contribution in [0, 0.1) is 23.2 Å². The lowest BCUT2D eigenvalue weighted by Gasteiger charge is -2.44. The molecule has 0 heterocycles. The molecule has 3 aliphatic carbocycles. The lowest BCUT2D eigenvalue weighted by molar-refractivity contribution is -0.118. The van der Waals surface area contributed by atoms with Crippen molar-refractivity contribution in [2.45, 2.75) is 90.6 Å². The van der Waals surface area contributed by atoms with Crippen molar-refractivity contribution in [2.75, 3.05) is 0 Å². The lowest BCUT2D eigenvalue weighted by atomic mass is 9.60. The second-order valence-corrected chi connectivity index (χ2v) is 9.87. The maximum absolute atomic E-state index is 11.1. The van der Waals surface area contributed by atoms with E-state index in [0.717, 1.165) is 38.0 Å². The van der Waals surface area contributed by atoms with Crippen molar-refractivity contribution in [3.63, 3.8) is 0 Å². The standard InChI is InChI=1S/C25H39NO2/c1-17-9-12-21(27)16-20(17)11-10-19-7-5-15-25(3)22(13-14-23(19)25)18(2)6-4-8-24(26)28/h10-11,18,21-23,27H,1,4-9,12-16H2,2-3H3,(H2,26,28)/b19-10+,20-11-/t18-,21+,22-,23+,25-/m1/s1. The zero-order valence-corrected chi connectivity index (χ0v) is 17.9. The van der Waals surface area contributed by atoms with Crippen molar-refractivity contribution in [1.29, 1.82) is 0 Å². The summed E-state index contributed by atoms with van der Waals surface area (Å²) in [5.74, 6) is 1.91. The Labute approximate surface area is 171 Å². The van der Waals surface area contributed by atoms with Crippen LogP contribution in [-0.2, 0) is 4.79 Å². The van der Waals surface area contributed by atoms with Gasteiger partial charge in [0.25, 0.3) is 0 Å². The summed E-state index contributed by atoms with van der Waals surface area (Å²) in [5.41, 5.74) is 9.77. The summed E-state index contributed by atoms with van der Waals surface area (Å²) in [4.78, 5) is 11.1. The van der Waals surface area contributed by atoms with Gasteiger partial charge in [0, 0.05) is 6.42 Å². The number of rotatable bonds is 6. The van der Waals surface area contributed by atoms with Crippen LogP contribution >= 0.6 is 0 Å². The van der Waals surface area contributed by atoms with Gasteiger partial charge in [-0.2, -0.15) is 0 Å². The molecule has 3 rings (SSSR count). The number of amides is 1. The molecule has 0 aromatic rings. The molecule has 156 valence electrons. The minimum absolute atomic E-state index is 0.173. The summed E-state index contributed by atoms with van der Waals surface area (Å²) in [6, 6.07) is 0. The number of nitrogens with two attached hydrogens (primary N) is 1. The van der Waals surface area contributed by atoms with Crippen molar-refractivity contribution in [3.8, 4) is 0 Å². The monoisotopic (exact) mass is 385 g/mol. The topological polar surface area (TPSA) is 63.3 Å². The third-order valence-corrected chi connectivity index (χ3v) is 8.00. The van der Waals surface area contributed by atoms with Gasteiger partial charge in [-0.25, -0.2) is 0 Å². The fraction of sp³-hybridized carbons (Fsp3) is 0.720. The first-order valence-corrected chi connectivity index (χ1v) is 11.4. The summed E-state index contributed by atoms with van der Waals surface area (Å²) in [6.07, 6.45) is 15.9. The van der Waals surface area contributed by atoms with E-state index >= 15 is 0 Å². The van der Waals surface area contributed by atoms with E-state index in [-0.39, 0.29) is 12.0 Å². The average Bonchev–Trinajstić information content (AvgIpc) is 2.99. The van der Waals surface area contributed by atoms with Gasteiger partial charge >= 0.3 is 0 Å². The Bertz CT molecular complexity index is 661. The van der Waals surface area contributed by atoms with Gasteiger partial charge < -0.3 is 10.8 Å². The lowest BCUT2D eigenvalue weighted by Crippen LogP contribution is -2.36. The van der Waals surface area contributed by atoms with Gasteiger partial charge in [0.05, 0.1) is 6.10 Å². The molecule has 0 aromatic heterocycles. The number of carbonyl (C=O) groups excluding carboxylic acids is 1. The fourth-order valence-electron chi connectivity index (χ4n) is 6.41. The molecule has 0 unspecified atom stereocenters. The average molecular weight is 386 g/mol. The van der Waals surface area contributed by atoms with Crippen LogP contribution in [0.15, 0.2) is 35.5 Å². The van der Waals surface area contributed by atoms with Crippen molar-refractivity contribution < 1.29 is 9.90 Å². The molecule has 0 radical (unpaired) electrons. The predicted octanol–water partition coefficient (Wildman–Crippen LogP) is 5.45. The van der Waals surface area contributed by atoms with Gasteiger partial charge in [-0.15, -0.1) is 0 Å². The molecule has 3 nitrogen and oxygen atoms in total. The molecule has 3 N–H and O–H groups in total. The molecule has 0 saturated heterocycles. The van der Waals surface area contributed by atoms with Crippen molar-refractivity contribution in [3.05, 3.63) is 35.5 Å². The Morgan fingerprint density at radius 2 is 2.11 bits per heavy atom. The van der Waals surface area contributed by atoms with Crippen LogP contribution in [0.3, 0.4) is 0 Å². The van der Waals surface area contributed by atoms with Crippen LogP contribution in [0.1, 0.15) is 84.5 Å². The van der Waals surface area contributed by atoms with E-state index in [2.05, 4.69) is 32.6 Å². The molecule has 0 aliphatic heterocycles. The van der Waals surface area contributed by atoms with Gasteiger partial charge in [0.15, 0.2) is 0 Å². The van der Waals surface area contributed by atoms with Gasteiger partial charge in [-0.3, -0.25) is 4.79 Å². The van der Waals surface area contributed by atoms with Gasteiger partial charge in [-0.1, -0.05) is 43.7 Å². The van der Waals surface area contributed by atoms with Crippen LogP contribution < -0.4 is 5.73 Å². The van der Waals surface area contributed by atoms with E-state index in [0.29, 0.717) is 23.7 Å². The molecule has 3 fully saturated rings. The number of aliphatic hydroxyl groups excluding tert-OH is 1. The van der Waals surface area contributed by atoms with Crippen LogP contribution in [-0.4, -0.2) is 17.1 Å². The largest absolute Gasteiger partial charge is 0.393 e. The molecule has 3 saturated carbocycles. The van der Waals surface area contributed by atoms with E-state index < -0.39 is 0 Å². The van der Waals surface area contributed by atoms with Crippen molar-refractivity contribution >= 4 is 5.91 Å². The molecule has 1 amide bonds. The molecule has 3 heteroatoms. The van der Waals surface area contributed by atoms with Crippen LogP contribution in [0.5, 0.6) is 0 Å². The number of hydrogen-bond donors (Lipinski definition) is 2. The van der Waals surface area contributed by atoms with Crippen LogP contribution in [0.25, 0.3) is 0 Å². The zero-order valence-electron chi connectivity index (χ0n) is 17.9. The van der Waals surface area contributed by atoms with E-state index in [4.69, 9.17) is 5.73 Å². The predicted molar refractivity (Wildman–Crippen MR) is 116 cm³/mol. The minimum Gasteiger partial charge on any atom is -0.393 e. The third kappa shape index (κ3) is 4.62. The second-order valence-electron chi connectivity index (χ2n) is 9.87. The molecule has 28 heavy (non-hydrogen) atoms. The number of allylic oxidation sites excluding steroid dienone is 4. The van der Waals surface area contributed by atoms with Gasteiger partial charge in [0.1, 0.15) is 0 Å². The van der Waals surface area contributed by atoms with Crippen molar-refractivity contribution in [1.82, 2.24) is 0 Å². The zero-order chi connectivity index (χ0) is 20.3. The number of hydrogen-bond acceptors (Lipinski definition) is 2. The highest BCUT2D eigenvalue weighted by atomic mass is 16.3. The Hall–Kier alpha value is -1.35. The highest BCUT2D eigenvalue weighted by Gasteiger charge is 2.50. The van der Waals surface area contributed by atoms with E-state index in [1.54, 1.807) is 5.57 Å². The molecule has 0 aromatic carbocycles. The first kappa shape index (κ1) is 21.4. The first-order chi connectivity index (χ1) is 13.3. The maximum atomic E-state index is 11.1. The van der Waals surface area contributed by atoms with Gasteiger partial charge in [-0.05, 0) is 93.0 Å². The maximum Gasteiger partial charge on any atom is 0.217 e. The molecular weight excluding hydrogens is 346 g/mol. The Balaban J connectivity index is 1.70. The molecular formula is C25H39NO2. The minimum atomic E-state index is -0.205. The molecule has 3 aliphatic rings. The van der Waals surface area contributed by atoms with E-state index in [9.17, 15) is 9.90 Å². The SMILES string of the molecule is C=C1CC[C@H](O)C/C1=C/C=C1\CCC[C@]2(C)[C@@H]([C@H](C)CCCC(N)=O)CC[C@@H]12. The molecule has 0 spiro atoms. The number of primary amides is 1. The normalized spacial score (nSPS) is 37.2. The van der Waals surface area contributed by atoms with Gasteiger partial charge in [0.2, 0.25) is 5.91 Å². The summed E-state index contributed by atoms with van der Waals surface area (Å²) in [5, 5.41) is 9.99. The van der Waals surface area contributed by atoms with Crippen LogP contribution in [0.2, 0.25) is 0 Å². The highest BCUT2D eigenvalue weighted by molar-refractivity contribution is 5.73. The number of aliphatic hydroxyl groups is 1. The third-order valence-electron chi connectivity index (χ3n) is 8.00. The van der Waals surface area contributed by atoms with E-state index in [1.165, 1.54) is 43.3 Å². The van der Waals surface area contributed by atoms with Crippen LogP contribution in [0.4, 0.5) is 0 Å². The number of fused-ring (bicyclic) bond motifs is 1. The van der Waals surface area contributed by atoms with E-state index in [1.807, 2.05) is 0 Å². The smallest absolute Gasteiger partial charge is 0.217 e. The highest BCUT2D eigenvalue weighted by Crippen LogP contribution is 2.59. The Morgan fingerprint density at radius 1 is 1.32 bits per heavy atom. The fourth-order valence-corrected chi connectivity index (χ4v) is 6.41. The molecule has 5 atom stereocenters. The second kappa shape index (κ2) is 8.98. The summed E-state index contributed by atoms with van der Waals surface area (Å²) < 4.78 is 0. The Morgan fingerprint density at radius 3 is 2.86 bits per heavy atom. The number of carbonyl (C=O) groups is 1. The first-order valence-electron chi connectivity index (χ1n) is 11.4.